The number of hydrogen-bond acceptors (Lipinski definition) is 3. The standard InChI is InChI=1S/C4H3BBrNOS/c5-3-2(1-8)9-4(6)7-3/h8H,1H2. The largest absolute Gasteiger partial charge is 0.391 e. The van der Waals surface area contributed by atoms with Crippen LogP contribution >= 0.6 is 27.3 Å². The van der Waals surface area contributed by atoms with E-state index in [-0.39, 0.29) is 6.61 Å². The van der Waals surface area contributed by atoms with Crippen LogP contribution in [0.25, 0.3) is 0 Å². The van der Waals surface area contributed by atoms with E-state index in [9.17, 15) is 0 Å². The van der Waals surface area contributed by atoms with Gasteiger partial charge in [-0.05, 0) is 15.9 Å². The number of hydrogen-bond donors (Lipinski definition) is 1. The van der Waals surface area contributed by atoms with Crippen molar-refractivity contribution in [2.75, 3.05) is 0 Å². The smallest absolute Gasteiger partial charge is 0.158 e. The first kappa shape index (κ1) is 7.24. The molecule has 0 spiro atoms. The van der Waals surface area contributed by atoms with E-state index in [0.29, 0.717) is 14.4 Å². The molecule has 46 valence electrons. The summed E-state index contributed by atoms with van der Waals surface area (Å²) in [6, 6.07) is 0. The predicted molar refractivity (Wildman–Crippen MR) is 41.1 cm³/mol. The molecule has 5 heteroatoms. The first-order valence-electron chi connectivity index (χ1n) is 2.25. The summed E-state index contributed by atoms with van der Waals surface area (Å²) >= 11 is 4.48. The van der Waals surface area contributed by atoms with E-state index in [1.54, 1.807) is 0 Å². The van der Waals surface area contributed by atoms with Gasteiger partial charge in [-0.15, -0.1) is 11.3 Å². The molecule has 1 rings (SSSR count). The normalized spacial score (nSPS) is 10.0. The number of aliphatic hydroxyl groups is 1. The Labute approximate surface area is 66.5 Å². The maximum atomic E-state index is 8.60. The molecule has 1 aromatic rings. The quantitative estimate of drug-likeness (QED) is 0.662. The molecule has 0 aromatic carbocycles. The molecule has 1 heterocycles. The van der Waals surface area contributed by atoms with E-state index in [0.717, 1.165) is 0 Å². The van der Waals surface area contributed by atoms with Crippen LogP contribution in [-0.2, 0) is 6.61 Å². The number of aliphatic hydroxyl groups excluding tert-OH is 1. The van der Waals surface area contributed by atoms with E-state index >= 15 is 0 Å². The first-order valence-corrected chi connectivity index (χ1v) is 3.86. The van der Waals surface area contributed by atoms with Gasteiger partial charge in [0.2, 0.25) is 0 Å². The Bertz CT molecular complexity index is 214. The Morgan fingerprint density at radius 3 is 2.67 bits per heavy atom. The summed E-state index contributed by atoms with van der Waals surface area (Å²) < 4.78 is 0.712. The van der Waals surface area contributed by atoms with Gasteiger partial charge in [0.1, 0.15) is 7.85 Å². The van der Waals surface area contributed by atoms with Crippen molar-refractivity contribution in [1.82, 2.24) is 4.98 Å². The maximum absolute atomic E-state index is 8.60. The summed E-state index contributed by atoms with van der Waals surface area (Å²) in [6.07, 6.45) is 0. The zero-order chi connectivity index (χ0) is 6.85. The number of aromatic nitrogens is 1. The van der Waals surface area contributed by atoms with Crippen LogP contribution < -0.4 is 5.59 Å². The molecule has 0 aliphatic carbocycles. The second kappa shape index (κ2) is 2.81. The number of rotatable bonds is 1. The van der Waals surface area contributed by atoms with Gasteiger partial charge in [0.25, 0.3) is 0 Å². The van der Waals surface area contributed by atoms with Gasteiger partial charge in [0.05, 0.1) is 6.61 Å². The van der Waals surface area contributed by atoms with Crippen molar-refractivity contribution in [3.63, 3.8) is 0 Å². The molecule has 0 atom stereocenters. The van der Waals surface area contributed by atoms with Gasteiger partial charge in [-0.25, -0.2) is 4.98 Å². The van der Waals surface area contributed by atoms with Crippen LogP contribution in [0.4, 0.5) is 0 Å². The topological polar surface area (TPSA) is 33.1 Å². The summed E-state index contributed by atoms with van der Waals surface area (Å²) in [7, 11) is 5.36. The molecule has 2 nitrogen and oxygen atoms in total. The lowest BCUT2D eigenvalue weighted by molar-refractivity contribution is 0.286. The lowest BCUT2D eigenvalue weighted by Gasteiger charge is -1.85. The molecular formula is C4H3BBrNOS. The maximum Gasteiger partial charge on any atom is 0.158 e. The fourth-order valence-electron chi connectivity index (χ4n) is 0.447. The van der Waals surface area contributed by atoms with Crippen molar-refractivity contribution >= 4 is 40.7 Å². The Morgan fingerprint density at radius 2 is 2.44 bits per heavy atom. The molecule has 0 saturated carbocycles. The van der Waals surface area contributed by atoms with Gasteiger partial charge in [-0.2, -0.15) is 0 Å². The Hall–Kier alpha value is 0.135. The van der Waals surface area contributed by atoms with E-state index in [4.69, 9.17) is 13.0 Å². The van der Waals surface area contributed by atoms with Gasteiger partial charge in [-0.1, -0.05) is 0 Å². The van der Waals surface area contributed by atoms with Crippen molar-refractivity contribution < 1.29 is 5.11 Å². The minimum absolute atomic E-state index is 0.0326. The van der Waals surface area contributed by atoms with Crippen LogP contribution in [0.5, 0.6) is 0 Å². The summed E-state index contributed by atoms with van der Waals surface area (Å²) in [5, 5.41) is 8.60. The Kier molecular flexibility index (Phi) is 2.26. The number of thiazole rings is 1. The van der Waals surface area contributed by atoms with Crippen LogP contribution in [0.3, 0.4) is 0 Å². The third kappa shape index (κ3) is 1.53. The Balaban J connectivity index is 3.01. The minimum Gasteiger partial charge on any atom is -0.391 e. The van der Waals surface area contributed by atoms with E-state index in [1.165, 1.54) is 11.3 Å². The molecule has 0 bridgehead atoms. The summed E-state index contributed by atoms with van der Waals surface area (Å²) in [5.41, 5.74) is 0.411. The van der Waals surface area contributed by atoms with Crippen molar-refractivity contribution in [2.45, 2.75) is 6.61 Å². The van der Waals surface area contributed by atoms with Crippen molar-refractivity contribution in [2.24, 2.45) is 0 Å². The Morgan fingerprint density at radius 1 is 1.78 bits per heavy atom. The van der Waals surface area contributed by atoms with E-state index in [1.807, 2.05) is 0 Å². The van der Waals surface area contributed by atoms with Crippen LogP contribution in [0, 0.1) is 0 Å². The highest BCUT2D eigenvalue weighted by Gasteiger charge is 2.01. The average molecular weight is 204 g/mol. The van der Waals surface area contributed by atoms with E-state index in [2.05, 4.69) is 20.9 Å². The predicted octanol–water partition coefficient (Wildman–Crippen LogP) is 0.192. The van der Waals surface area contributed by atoms with Crippen molar-refractivity contribution in [3.05, 3.63) is 8.79 Å². The third-order valence-electron chi connectivity index (χ3n) is 0.845. The molecule has 9 heavy (non-hydrogen) atoms. The lowest BCUT2D eigenvalue weighted by atomic mass is 10.0. The minimum atomic E-state index is -0.0326. The summed E-state index contributed by atoms with van der Waals surface area (Å²) in [5.74, 6) is 0. The lowest BCUT2D eigenvalue weighted by Crippen LogP contribution is -2.07. The number of halogens is 1. The first-order chi connectivity index (χ1) is 4.24. The molecule has 2 radical (unpaired) electrons. The van der Waals surface area contributed by atoms with Gasteiger partial charge < -0.3 is 5.11 Å². The van der Waals surface area contributed by atoms with Crippen LogP contribution in [0.1, 0.15) is 4.88 Å². The second-order valence-electron chi connectivity index (χ2n) is 1.43. The van der Waals surface area contributed by atoms with Gasteiger partial charge >= 0.3 is 0 Å². The molecule has 0 saturated heterocycles. The fourth-order valence-corrected chi connectivity index (χ4v) is 1.79. The zero-order valence-electron chi connectivity index (χ0n) is 4.47. The van der Waals surface area contributed by atoms with Gasteiger partial charge in [0, 0.05) is 10.5 Å². The fraction of sp³-hybridized carbons (Fsp3) is 0.250. The molecular weight excluding hydrogens is 201 g/mol. The molecule has 0 aliphatic heterocycles. The highest BCUT2D eigenvalue weighted by molar-refractivity contribution is 9.11. The number of nitrogens with zero attached hydrogens (tertiary/aromatic N) is 1. The zero-order valence-corrected chi connectivity index (χ0v) is 6.87. The van der Waals surface area contributed by atoms with Crippen LogP contribution in [0.15, 0.2) is 3.92 Å². The van der Waals surface area contributed by atoms with E-state index < -0.39 is 0 Å². The molecule has 1 aromatic heterocycles. The monoisotopic (exact) mass is 203 g/mol. The molecule has 0 amide bonds. The van der Waals surface area contributed by atoms with Gasteiger partial charge in [-0.3, -0.25) is 0 Å². The van der Waals surface area contributed by atoms with Crippen LogP contribution in [0.2, 0.25) is 0 Å². The van der Waals surface area contributed by atoms with Crippen molar-refractivity contribution in [1.29, 1.82) is 0 Å². The molecule has 0 aliphatic rings. The van der Waals surface area contributed by atoms with Gasteiger partial charge in [0.15, 0.2) is 3.92 Å². The third-order valence-corrected chi connectivity index (χ3v) is 2.35. The summed E-state index contributed by atoms with van der Waals surface area (Å²) in [6.45, 7) is -0.0326. The molecule has 0 fully saturated rings. The van der Waals surface area contributed by atoms with Crippen molar-refractivity contribution in [3.8, 4) is 0 Å². The summed E-state index contributed by atoms with van der Waals surface area (Å²) in [4.78, 5) is 4.54. The SMILES string of the molecule is [B]c1nc(Br)sc1CO. The molecule has 1 N–H and O–H groups in total. The highest BCUT2D eigenvalue weighted by Crippen LogP contribution is 2.15. The van der Waals surface area contributed by atoms with Crippen LogP contribution in [-0.4, -0.2) is 17.9 Å². The second-order valence-corrected chi connectivity index (χ2v) is 3.79. The highest BCUT2D eigenvalue weighted by atomic mass is 79.9. The average Bonchev–Trinajstić information content (AvgIpc) is 2.10. The molecule has 0 unspecified atom stereocenters.